The van der Waals surface area contributed by atoms with Crippen molar-refractivity contribution in [3.63, 3.8) is 0 Å². The Kier molecular flexibility index (Phi) is 5.70. The molecule has 0 aliphatic heterocycles. The lowest BCUT2D eigenvalue weighted by atomic mass is 9.72. The van der Waals surface area contributed by atoms with Gasteiger partial charge in [-0.1, -0.05) is 38.8 Å². The molecule has 0 spiro atoms. The van der Waals surface area contributed by atoms with Gasteiger partial charge in [0.2, 0.25) is 0 Å². The van der Waals surface area contributed by atoms with Gasteiger partial charge in [0.05, 0.1) is 0 Å². The zero-order valence-electron chi connectivity index (χ0n) is 12.2. The lowest BCUT2D eigenvalue weighted by Crippen LogP contribution is -2.34. The Bertz CT molecular complexity index is 308. The Morgan fingerprint density at radius 1 is 1.50 bits per heavy atom. The van der Waals surface area contributed by atoms with E-state index in [9.17, 15) is 4.79 Å². The van der Waals surface area contributed by atoms with Gasteiger partial charge in [0.15, 0.2) is 0 Å². The minimum atomic E-state index is -0.281. The Morgan fingerprint density at radius 3 is 2.83 bits per heavy atom. The van der Waals surface area contributed by atoms with Crippen molar-refractivity contribution in [2.45, 2.75) is 65.9 Å². The third-order valence-corrected chi connectivity index (χ3v) is 3.68. The molecule has 1 saturated carbocycles. The first-order valence-electron chi connectivity index (χ1n) is 7.13. The summed E-state index contributed by atoms with van der Waals surface area (Å²) < 4.78 is 5.44. The van der Waals surface area contributed by atoms with Crippen molar-refractivity contribution in [3.05, 3.63) is 11.6 Å². The SMILES string of the molecule is CCC/C=C1/C[C@@H](OC(=O)NCC)CCC1(C)C. The summed E-state index contributed by atoms with van der Waals surface area (Å²) in [5.74, 6) is 0. The maximum Gasteiger partial charge on any atom is 0.407 e. The fourth-order valence-electron chi connectivity index (χ4n) is 2.42. The second-order valence-electron chi connectivity index (χ2n) is 5.70. The molecule has 1 N–H and O–H groups in total. The first-order chi connectivity index (χ1) is 8.49. The van der Waals surface area contributed by atoms with E-state index in [4.69, 9.17) is 4.74 Å². The lowest BCUT2D eigenvalue weighted by Gasteiger charge is -2.37. The predicted molar refractivity (Wildman–Crippen MR) is 74.6 cm³/mol. The van der Waals surface area contributed by atoms with E-state index < -0.39 is 0 Å². The van der Waals surface area contributed by atoms with Crippen LogP contribution in [-0.4, -0.2) is 18.7 Å². The molecule has 1 aliphatic carbocycles. The molecule has 0 bridgehead atoms. The van der Waals surface area contributed by atoms with Gasteiger partial charge in [0.1, 0.15) is 6.10 Å². The van der Waals surface area contributed by atoms with Gasteiger partial charge in [-0.25, -0.2) is 4.79 Å². The van der Waals surface area contributed by atoms with Crippen LogP contribution in [0.3, 0.4) is 0 Å². The molecule has 0 heterocycles. The van der Waals surface area contributed by atoms with Crippen molar-refractivity contribution in [2.75, 3.05) is 6.54 Å². The van der Waals surface area contributed by atoms with E-state index in [1.54, 1.807) is 0 Å². The maximum atomic E-state index is 11.4. The highest BCUT2D eigenvalue weighted by Crippen LogP contribution is 2.41. The second kappa shape index (κ2) is 6.81. The molecular weight excluding hydrogens is 226 g/mol. The monoisotopic (exact) mass is 253 g/mol. The molecule has 0 unspecified atom stereocenters. The molecule has 18 heavy (non-hydrogen) atoms. The number of amides is 1. The summed E-state index contributed by atoms with van der Waals surface area (Å²) in [5, 5.41) is 2.69. The van der Waals surface area contributed by atoms with Crippen LogP contribution in [0.1, 0.15) is 59.8 Å². The van der Waals surface area contributed by atoms with Gasteiger partial charge in [-0.3, -0.25) is 0 Å². The third-order valence-electron chi connectivity index (χ3n) is 3.68. The highest BCUT2D eigenvalue weighted by molar-refractivity contribution is 5.67. The van der Waals surface area contributed by atoms with Crippen LogP contribution in [0.25, 0.3) is 0 Å². The number of hydrogen-bond acceptors (Lipinski definition) is 2. The van der Waals surface area contributed by atoms with Gasteiger partial charge >= 0.3 is 6.09 Å². The van der Waals surface area contributed by atoms with E-state index in [2.05, 4.69) is 32.2 Å². The van der Waals surface area contributed by atoms with Crippen LogP contribution < -0.4 is 5.32 Å². The van der Waals surface area contributed by atoms with Gasteiger partial charge < -0.3 is 10.1 Å². The van der Waals surface area contributed by atoms with E-state index in [0.717, 1.165) is 25.7 Å². The maximum absolute atomic E-state index is 11.4. The average Bonchev–Trinajstić information content (AvgIpc) is 2.30. The second-order valence-corrected chi connectivity index (χ2v) is 5.70. The number of allylic oxidation sites excluding steroid dienone is 1. The molecule has 1 atom stereocenters. The fourth-order valence-corrected chi connectivity index (χ4v) is 2.42. The molecule has 1 amide bonds. The van der Waals surface area contributed by atoms with Crippen molar-refractivity contribution < 1.29 is 9.53 Å². The van der Waals surface area contributed by atoms with Gasteiger partial charge in [-0.05, 0) is 31.6 Å². The number of carbonyl (C=O) groups excluding carboxylic acids is 1. The molecule has 1 rings (SSSR count). The predicted octanol–water partition coefficient (Wildman–Crippen LogP) is 4.04. The molecule has 0 aromatic carbocycles. The summed E-state index contributed by atoms with van der Waals surface area (Å²) in [7, 11) is 0. The lowest BCUT2D eigenvalue weighted by molar-refractivity contribution is 0.0703. The number of unbranched alkanes of at least 4 members (excludes halogenated alkanes) is 1. The summed E-state index contributed by atoms with van der Waals surface area (Å²) in [6.45, 7) is 9.29. The molecular formula is C15H27NO2. The summed E-state index contributed by atoms with van der Waals surface area (Å²) in [4.78, 5) is 11.4. The fraction of sp³-hybridized carbons (Fsp3) is 0.800. The molecule has 104 valence electrons. The van der Waals surface area contributed by atoms with Gasteiger partial charge in [-0.2, -0.15) is 0 Å². The number of alkyl carbamates (subject to hydrolysis) is 1. The third kappa shape index (κ3) is 4.35. The van der Waals surface area contributed by atoms with Crippen molar-refractivity contribution in [2.24, 2.45) is 5.41 Å². The Hall–Kier alpha value is -0.990. The molecule has 1 aliphatic rings. The smallest absolute Gasteiger partial charge is 0.407 e. The Labute approximate surface area is 111 Å². The summed E-state index contributed by atoms with van der Waals surface area (Å²) in [5.41, 5.74) is 1.71. The van der Waals surface area contributed by atoms with Crippen LogP contribution >= 0.6 is 0 Å². The molecule has 1 fully saturated rings. The highest BCUT2D eigenvalue weighted by atomic mass is 16.6. The van der Waals surface area contributed by atoms with E-state index >= 15 is 0 Å². The Balaban J connectivity index is 2.58. The van der Waals surface area contributed by atoms with Crippen molar-refractivity contribution >= 4 is 6.09 Å². The first-order valence-corrected chi connectivity index (χ1v) is 7.13. The number of nitrogens with one attached hydrogen (secondary N) is 1. The molecule has 0 saturated heterocycles. The van der Waals surface area contributed by atoms with Gasteiger partial charge in [0, 0.05) is 13.0 Å². The van der Waals surface area contributed by atoms with Crippen LogP contribution in [0.5, 0.6) is 0 Å². The molecule has 0 radical (unpaired) electrons. The molecule has 0 aromatic rings. The quantitative estimate of drug-likeness (QED) is 0.768. The zero-order chi connectivity index (χ0) is 13.6. The van der Waals surface area contributed by atoms with Crippen LogP contribution in [0.2, 0.25) is 0 Å². The minimum absolute atomic E-state index is 0.0488. The van der Waals surface area contributed by atoms with Crippen LogP contribution in [-0.2, 0) is 4.74 Å². The average molecular weight is 253 g/mol. The number of rotatable bonds is 4. The standard InChI is InChI=1S/C15H27NO2/c1-5-7-8-12-11-13(9-10-15(12,3)4)18-14(17)16-6-2/h8,13H,5-7,9-11H2,1-4H3,(H,16,17)/b12-8-/t13-/m0/s1. The molecule has 3 nitrogen and oxygen atoms in total. The summed E-state index contributed by atoms with van der Waals surface area (Å²) in [6, 6.07) is 0. The molecule has 3 heteroatoms. The van der Waals surface area contributed by atoms with Crippen LogP contribution in [0, 0.1) is 5.41 Å². The number of carbonyl (C=O) groups is 1. The van der Waals surface area contributed by atoms with Crippen molar-refractivity contribution in [3.8, 4) is 0 Å². The largest absolute Gasteiger partial charge is 0.446 e. The molecule has 0 aromatic heterocycles. The normalized spacial score (nSPS) is 24.9. The van der Waals surface area contributed by atoms with E-state index in [0.29, 0.717) is 6.54 Å². The van der Waals surface area contributed by atoms with E-state index in [-0.39, 0.29) is 17.6 Å². The zero-order valence-corrected chi connectivity index (χ0v) is 12.2. The number of ether oxygens (including phenoxy) is 1. The minimum Gasteiger partial charge on any atom is -0.446 e. The number of hydrogen-bond donors (Lipinski definition) is 1. The van der Waals surface area contributed by atoms with Crippen LogP contribution in [0.4, 0.5) is 4.79 Å². The summed E-state index contributed by atoms with van der Waals surface area (Å²) in [6.07, 6.45) is 7.34. The van der Waals surface area contributed by atoms with Gasteiger partial charge in [0.25, 0.3) is 0 Å². The van der Waals surface area contributed by atoms with Crippen LogP contribution in [0.15, 0.2) is 11.6 Å². The van der Waals surface area contributed by atoms with Crippen molar-refractivity contribution in [1.29, 1.82) is 0 Å². The highest BCUT2D eigenvalue weighted by Gasteiger charge is 2.32. The topological polar surface area (TPSA) is 38.3 Å². The van der Waals surface area contributed by atoms with E-state index in [1.807, 2.05) is 6.92 Å². The Morgan fingerprint density at radius 2 is 2.22 bits per heavy atom. The first kappa shape index (κ1) is 15.1. The van der Waals surface area contributed by atoms with Crippen molar-refractivity contribution in [1.82, 2.24) is 5.32 Å². The van der Waals surface area contributed by atoms with E-state index in [1.165, 1.54) is 12.0 Å². The summed E-state index contributed by atoms with van der Waals surface area (Å²) >= 11 is 0. The van der Waals surface area contributed by atoms with Gasteiger partial charge in [-0.15, -0.1) is 0 Å².